The molecule has 5 nitrogen and oxygen atoms in total. The number of nitrogens with one attached hydrogen (secondary N) is 1. The van der Waals surface area contributed by atoms with Crippen molar-refractivity contribution in [2.45, 2.75) is 64.2 Å². The van der Waals surface area contributed by atoms with Crippen LogP contribution in [0.2, 0.25) is 0 Å². The molecular formula is C29H43N3O2. The molecule has 2 aliphatic heterocycles. The van der Waals surface area contributed by atoms with Crippen molar-refractivity contribution >= 4 is 5.69 Å². The smallest absolute Gasteiger partial charge is 0.115 e. The third-order valence-corrected chi connectivity index (χ3v) is 7.51. The van der Waals surface area contributed by atoms with Gasteiger partial charge in [-0.25, -0.2) is 0 Å². The molecule has 1 saturated heterocycles. The third kappa shape index (κ3) is 5.59. The number of phenols is 1. The highest BCUT2D eigenvalue weighted by atomic mass is 16.5. The van der Waals surface area contributed by atoms with Crippen molar-refractivity contribution in [3.05, 3.63) is 59.2 Å². The minimum Gasteiger partial charge on any atom is -0.508 e. The van der Waals surface area contributed by atoms with Gasteiger partial charge in [-0.3, -0.25) is 4.90 Å². The molecule has 0 radical (unpaired) electrons. The fourth-order valence-electron chi connectivity index (χ4n) is 5.41. The van der Waals surface area contributed by atoms with Crippen LogP contribution in [0.3, 0.4) is 0 Å². The van der Waals surface area contributed by atoms with Crippen LogP contribution in [-0.2, 0) is 10.2 Å². The lowest BCUT2D eigenvalue weighted by atomic mass is 9.75. The molecule has 0 amide bonds. The predicted molar refractivity (Wildman–Crippen MR) is 141 cm³/mol. The maximum Gasteiger partial charge on any atom is 0.115 e. The number of fused-ring (bicyclic) bond motifs is 3. The molecule has 0 aromatic heterocycles. The van der Waals surface area contributed by atoms with Crippen LogP contribution in [-0.4, -0.2) is 61.3 Å². The van der Waals surface area contributed by atoms with E-state index in [1.165, 1.54) is 11.1 Å². The predicted octanol–water partition coefficient (Wildman–Crippen LogP) is 5.58. The van der Waals surface area contributed by atoms with Crippen LogP contribution in [0.1, 0.15) is 69.4 Å². The van der Waals surface area contributed by atoms with Gasteiger partial charge in [-0.2, -0.15) is 0 Å². The fraction of sp³-hybridized carbons (Fsp3) is 0.586. The first kappa shape index (κ1) is 25.0. The van der Waals surface area contributed by atoms with E-state index < -0.39 is 0 Å². The highest BCUT2D eigenvalue weighted by Gasteiger charge is 2.43. The number of anilines is 1. The maximum atomic E-state index is 10.2. The summed E-state index contributed by atoms with van der Waals surface area (Å²) < 4.78 is 6.95. The molecule has 1 fully saturated rings. The van der Waals surface area contributed by atoms with Crippen molar-refractivity contribution < 1.29 is 9.84 Å². The SMILES string of the molecule is CCN(CCN(C)C)CC1CCC2C(c3cccc(O)c3)Nc3ccc(C(C)(C)C)cc3C2O1. The highest BCUT2D eigenvalue weighted by molar-refractivity contribution is 5.59. The van der Waals surface area contributed by atoms with Crippen LogP contribution >= 0.6 is 0 Å². The van der Waals surface area contributed by atoms with Gasteiger partial charge in [-0.1, -0.05) is 52.0 Å². The van der Waals surface area contributed by atoms with Crippen LogP contribution in [0.5, 0.6) is 5.75 Å². The van der Waals surface area contributed by atoms with Gasteiger partial charge in [0.1, 0.15) is 5.75 Å². The number of likely N-dealkylation sites (N-methyl/N-ethyl adjacent to an activating group) is 2. The van der Waals surface area contributed by atoms with E-state index >= 15 is 0 Å². The summed E-state index contributed by atoms with van der Waals surface area (Å²) in [5.41, 5.74) is 5.00. The molecule has 0 aliphatic carbocycles. The van der Waals surface area contributed by atoms with Gasteiger partial charge >= 0.3 is 0 Å². The van der Waals surface area contributed by atoms with E-state index in [9.17, 15) is 5.11 Å². The molecule has 2 aliphatic rings. The minimum atomic E-state index is 0.0530. The molecule has 4 unspecified atom stereocenters. The van der Waals surface area contributed by atoms with Crippen LogP contribution in [0.15, 0.2) is 42.5 Å². The Labute approximate surface area is 206 Å². The Balaban J connectivity index is 1.63. The summed E-state index contributed by atoms with van der Waals surface area (Å²) in [6.07, 6.45) is 2.45. The molecular weight excluding hydrogens is 422 g/mol. The number of hydrogen-bond donors (Lipinski definition) is 2. The summed E-state index contributed by atoms with van der Waals surface area (Å²) in [7, 11) is 4.27. The minimum absolute atomic E-state index is 0.0530. The molecule has 0 saturated carbocycles. The molecule has 186 valence electrons. The number of phenolic OH excluding ortho intramolecular Hbond substituents is 1. The van der Waals surface area contributed by atoms with E-state index in [0.29, 0.717) is 11.7 Å². The lowest BCUT2D eigenvalue weighted by Crippen LogP contribution is -2.44. The summed E-state index contributed by atoms with van der Waals surface area (Å²) in [5.74, 6) is 0.649. The number of nitrogens with zero attached hydrogens (tertiary/aromatic N) is 2. The third-order valence-electron chi connectivity index (χ3n) is 7.51. The van der Waals surface area contributed by atoms with Gasteiger partial charge in [-0.05, 0) is 68.2 Å². The molecule has 0 spiro atoms. The van der Waals surface area contributed by atoms with Gasteiger partial charge in [0.15, 0.2) is 0 Å². The molecule has 2 heterocycles. The van der Waals surface area contributed by atoms with Crippen LogP contribution < -0.4 is 5.32 Å². The molecule has 2 aromatic carbocycles. The molecule has 2 aromatic rings. The maximum absolute atomic E-state index is 10.2. The average molecular weight is 466 g/mol. The Kier molecular flexibility index (Phi) is 7.56. The normalized spacial score (nSPS) is 24.6. The standard InChI is InChI=1S/C29H43N3O2/c1-7-32(16-15-31(5)6)19-23-12-13-24-27(20-9-8-10-22(33)17-20)30-26-14-11-21(29(2,3)4)18-25(26)28(24)34-23/h8-11,14,17-18,23-24,27-28,30,33H,7,12-13,15-16,19H2,1-6H3. The zero-order chi connectivity index (χ0) is 24.5. The number of hydrogen-bond acceptors (Lipinski definition) is 5. The van der Waals surface area contributed by atoms with Crippen molar-refractivity contribution in [3.8, 4) is 5.75 Å². The first-order valence-electron chi connectivity index (χ1n) is 12.9. The summed E-state index contributed by atoms with van der Waals surface area (Å²) in [6.45, 7) is 13.2. The summed E-state index contributed by atoms with van der Waals surface area (Å²) >= 11 is 0. The van der Waals surface area contributed by atoms with Crippen molar-refractivity contribution in [2.24, 2.45) is 5.92 Å². The largest absolute Gasteiger partial charge is 0.508 e. The van der Waals surface area contributed by atoms with E-state index in [2.05, 4.69) is 81.2 Å². The first-order valence-corrected chi connectivity index (χ1v) is 12.9. The Morgan fingerprint density at radius 3 is 2.53 bits per heavy atom. The second-order valence-electron chi connectivity index (χ2n) is 11.4. The van der Waals surface area contributed by atoms with Gasteiger partial charge in [0.25, 0.3) is 0 Å². The molecule has 2 N–H and O–H groups in total. The monoisotopic (exact) mass is 465 g/mol. The molecule has 4 atom stereocenters. The lowest BCUT2D eigenvalue weighted by molar-refractivity contribution is -0.102. The van der Waals surface area contributed by atoms with Crippen LogP contribution in [0.25, 0.3) is 0 Å². The van der Waals surface area contributed by atoms with E-state index in [1.54, 1.807) is 6.07 Å². The average Bonchev–Trinajstić information content (AvgIpc) is 2.80. The van der Waals surface area contributed by atoms with Gasteiger partial charge in [0, 0.05) is 36.8 Å². The fourth-order valence-corrected chi connectivity index (χ4v) is 5.41. The highest BCUT2D eigenvalue weighted by Crippen LogP contribution is 2.51. The van der Waals surface area contributed by atoms with E-state index in [-0.39, 0.29) is 23.7 Å². The Morgan fingerprint density at radius 1 is 1.06 bits per heavy atom. The Morgan fingerprint density at radius 2 is 1.85 bits per heavy atom. The van der Waals surface area contributed by atoms with Gasteiger partial charge in [0.2, 0.25) is 0 Å². The quantitative estimate of drug-likeness (QED) is 0.559. The second-order valence-corrected chi connectivity index (χ2v) is 11.4. The van der Waals surface area contributed by atoms with Crippen LogP contribution in [0.4, 0.5) is 5.69 Å². The summed E-state index contributed by atoms with van der Waals surface area (Å²) in [5, 5.41) is 14.0. The number of rotatable bonds is 7. The molecule has 5 heteroatoms. The number of aromatic hydroxyl groups is 1. The zero-order valence-corrected chi connectivity index (χ0v) is 21.8. The molecule has 34 heavy (non-hydrogen) atoms. The zero-order valence-electron chi connectivity index (χ0n) is 21.8. The summed E-state index contributed by atoms with van der Waals surface area (Å²) in [6, 6.07) is 14.7. The van der Waals surface area contributed by atoms with Gasteiger partial charge in [0.05, 0.1) is 18.2 Å². The Bertz CT molecular complexity index is 968. The lowest BCUT2D eigenvalue weighted by Gasteiger charge is -2.46. The van der Waals surface area contributed by atoms with E-state index in [0.717, 1.165) is 50.3 Å². The summed E-state index contributed by atoms with van der Waals surface area (Å²) in [4.78, 5) is 4.77. The first-order chi connectivity index (χ1) is 16.2. The second kappa shape index (κ2) is 10.3. The Hall–Kier alpha value is -2.08. The van der Waals surface area contributed by atoms with Gasteiger partial charge < -0.3 is 20.1 Å². The van der Waals surface area contributed by atoms with Crippen molar-refractivity contribution in [1.29, 1.82) is 0 Å². The topological polar surface area (TPSA) is 48.0 Å². The molecule has 0 bridgehead atoms. The van der Waals surface area contributed by atoms with Crippen molar-refractivity contribution in [1.82, 2.24) is 9.80 Å². The van der Waals surface area contributed by atoms with E-state index in [1.807, 2.05) is 12.1 Å². The van der Waals surface area contributed by atoms with Crippen molar-refractivity contribution in [2.75, 3.05) is 45.6 Å². The number of benzene rings is 2. The van der Waals surface area contributed by atoms with Gasteiger partial charge in [-0.15, -0.1) is 0 Å². The number of ether oxygens (including phenoxy) is 1. The van der Waals surface area contributed by atoms with Crippen molar-refractivity contribution in [3.63, 3.8) is 0 Å². The molecule has 4 rings (SSSR count). The van der Waals surface area contributed by atoms with E-state index in [4.69, 9.17) is 4.74 Å². The van der Waals surface area contributed by atoms with Crippen LogP contribution in [0, 0.1) is 5.92 Å².